The number of furan rings is 1. The molecule has 0 fully saturated rings. The maximum atomic E-state index is 12.2. The topological polar surface area (TPSA) is 47.5 Å². The summed E-state index contributed by atoms with van der Waals surface area (Å²) in [6.45, 7) is 2.56. The number of carbonyl (C=O) groups is 1. The van der Waals surface area contributed by atoms with Crippen molar-refractivity contribution < 1.29 is 9.21 Å². The Morgan fingerprint density at radius 3 is 3.00 bits per heavy atom. The van der Waals surface area contributed by atoms with E-state index in [2.05, 4.69) is 36.0 Å². The minimum Gasteiger partial charge on any atom is -0.459 e. The van der Waals surface area contributed by atoms with E-state index >= 15 is 0 Å². The number of benzene rings is 1. The van der Waals surface area contributed by atoms with Gasteiger partial charge in [-0.05, 0) is 42.7 Å². The standard InChI is InChI=1S/C19H18N2O2S/c1-3-5-7-14-9-10-15-17(13-14)24-19(21(15)11-4-2)20-18(22)16-8-6-12-23-16/h2,6,8-10,12-13H,3,5,7,11H2,1H3. The Kier molecular flexibility index (Phi) is 4.97. The normalized spacial score (nSPS) is 11.8. The van der Waals surface area contributed by atoms with Crippen molar-refractivity contribution in [3.63, 3.8) is 0 Å². The third-order valence-corrected chi connectivity index (χ3v) is 4.79. The van der Waals surface area contributed by atoms with Crippen LogP contribution in [0, 0.1) is 12.3 Å². The van der Waals surface area contributed by atoms with Gasteiger partial charge in [-0.2, -0.15) is 4.99 Å². The van der Waals surface area contributed by atoms with Crippen molar-refractivity contribution >= 4 is 27.5 Å². The molecule has 3 rings (SSSR count). The Morgan fingerprint density at radius 1 is 1.42 bits per heavy atom. The molecule has 1 aromatic carbocycles. The Morgan fingerprint density at radius 2 is 2.29 bits per heavy atom. The minimum atomic E-state index is -0.400. The summed E-state index contributed by atoms with van der Waals surface area (Å²) in [4.78, 5) is 17.0. The fourth-order valence-electron chi connectivity index (χ4n) is 2.53. The van der Waals surface area contributed by atoms with Crippen molar-refractivity contribution in [1.82, 2.24) is 4.57 Å². The van der Waals surface area contributed by atoms with Gasteiger partial charge < -0.3 is 8.98 Å². The second-order valence-corrected chi connectivity index (χ2v) is 6.48. The Hall–Kier alpha value is -2.58. The summed E-state index contributed by atoms with van der Waals surface area (Å²) in [5, 5.41) is 0. The van der Waals surface area contributed by atoms with E-state index in [0.717, 1.165) is 29.5 Å². The molecule has 0 aliphatic heterocycles. The van der Waals surface area contributed by atoms with Crippen LogP contribution >= 0.6 is 11.3 Å². The molecule has 0 aliphatic carbocycles. The van der Waals surface area contributed by atoms with Crippen LogP contribution in [0.25, 0.3) is 10.2 Å². The predicted molar refractivity (Wildman–Crippen MR) is 95.9 cm³/mol. The number of amides is 1. The van der Waals surface area contributed by atoms with Crippen LogP contribution in [0.15, 0.2) is 46.0 Å². The molecular weight excluding hydrogens is 320 g/mol. The third-order valence-electron chi connectivity index (χ3n) is 3.74. The highest BCUT2D eigenvalue weighted by atomic mass is 32.1. The second kappa shape index (κ2) is 7.33. The van der Waals surface area contributed by atoms with Crippen molar-refractivity contribution in [2.45, 2.75) is 32.7 Å². The molecule has 2 aromatic heterocycles. The highest BCUT2D eigenvalue weighted by molar-refractivity contribution is 7.16. The Labute approximate surface area is 144 Å². The molecule has 2 heterocycles. The van der Waals surface area contributed by atoms with Crippen molar-refractivity contribution in [2.24, 2.45) is 4.99 Å². The highest BCUT2D eigenvalue weighted by Gasteiger charge is 2.11. The molecule has 0 radical (unpaired) electrons. The summed E-state index contributed by atoms with van der Waals surface area (Å²) < 4.78 is 8.10. The molecule has 0 saturated heterocycles. The lowest BCUT2D eigenvalue weighted by molar-refractivity contribution is 0.0971. The molecular formula is C19H18N2O2S. The minimum absolute atomic E-state index is 0.225. The average molecular weight is 338 g/mol. The van der Waals surface area contributed by atoms with Crippen molar-refractivity contribution in [3.05, 3.63) is 52.7 Å². The van der Waals surface area contributed by atoms with Gasteiger partial charge in [0.25, 0.3) is 0 Å². The number of aromatic nitrogens is 1. The van der Waals surface area contributed by atoms with Gasteiger partial charge >= 0.3 is 5.91 Å². The van der Waals surface area contributed by atoms with E-state index in [-0.39, 0.29) is 5.76 Å². The molecule has 0 unspecified atom stereocenters. The molecule has 0 spiro atoms. The molecule has 5 heteroatoms. The number of unbranched alkanes of at least 4 members (excludes halogenated alkanes) is 1. The number of hydrogen-bond acceptors (Lipinski definition) is 3. The van der Waals surface area contributed by atoms with Crippen molar-refractivity contribution in [3.8, 4) is 12.3 Å². The van der Waals surface area contributed by atoms with E-state index in [1.54, 1.807) is 12.1 Å². The zero-order chi connectivity index (χ0) is 16.9. The van der Waals surface area contributed by atoms with Crippen LogP contribution in [0.1, 0.15) is 35.9 Å². The molecule has 0 atom stereocenters. The summed E-state index contributed by atoms with van der Waals surface area (Å²) in [6, 6.07) is 9.62. The maximum Gasteiger partial charge on any atom is 0.315 e. The highest BCUT2D eigenvalue weighted by Crippen LogP contribution is 2.20. The SMILES string of the molecule is C#CCn1c(=NC(=O)c2ccco2)sc2cc(CCCC)ccc21. The molecule has 0 saturated carbocycles. The van der Waals surface area contributed by atoms with Crippen LogP contribution in [0.5, 0.6) is 0 Å². The molecule has 4 nitrogen and oxygen atoms in total. The molecule has 1 amide bonds. The van der Waals surface area contributed by atoms with Gasteiger partial charge in [0.2, 0.25) is 0 Å². The molecule has 0 aliphatic rings. The quantitative estimate of drug-likeness (QED) is 0.660. The lowest BCUT2D eigenvalue weighted by Gasteiger charge is -2.02. The Balaban J connectivity index is 2.07. The van der Waals surface area contributed by atoms with Crippen LogP contribution in [-0.2, 0) is 13.0 Å². The van der Waals surface area contributed by atoms with Gasteiger partial charge in [0.05, 0.1) is 23.0 Å². The van der Waals surface area contributed by atoms with E-state index < -0.39 is 5.91 Å². The number of nitrogens with zero attached hydrogens (tertiary/aromatic N) is 2. The van der Waals surface area contributed by atoms with Crippen LogP contribution < -0.4 is 4.80 Å². The summed E-state index contributed by atoms with van der Waals surface area (Å²) in [5.74, 6) is 2.46. The van der Waals surface area contributed by atoms with Gasteiger partial charge in [0.1, 0.15) is 0 Å². The van der Waals surface area contributed by atoms with Gasteiger partial charge in [0.15, 0.2) is 10.6 Å². The number of fused-ring (bicyclic) bond motifs is 1. The largest absolute Gasteiger partial charge is 0.459 e. The van der Waals surface area contributed by atoms with E-state index in [4.69, 9.17) is 10.8 Å². The smallest absolute Gasteiger partial charge is 0.315 e. The van der Waals surface area contributed by atoms with Crippen LogP contribution in [0.2, 0.25) is 0 Å². The van der Waals surface area contributed by atoms with E-state index in [1.165, 1.54) is 23.2 Å². The first-order valence-electron chi connectivity index (χ1n) is 7.91. The van der Waals surface area contributed by atoms with Crippen LogP contribution in [-0.4, -0.2) is 10.5 Å². The van der Waals surface area contributed by atoms with Crippen LogP contribution in [0.3, 0.4) is 0 Å². The van der Waals surface area contributed by atoms with Gasteiger partial charge in [-0.3, -0.25) is 4.79 Å². The lowest BCUT2D eigenvalue weighted by Crippen LogP contribution is -2.16. The first-order chi connectivity index (χ1) is 11.7. The van der Waals surface area contributed by atoms with Crippen molar-refractivity contribution in [1.29, 1.82) is 0 Å². The number of carbonyl (C=O) groups excluding carboxylic acids is 1. The third kappa shape index (κ3) is 3.34. The predicted octanol–water partition coefficient (Wildman–Crippen LogP) is 4.01. The van der Waals surface area contributed by atoms with E-state index in [1.807, 2.05) is 4.57 Å². The van der Waals surface area contributed by atoms with Crippen molar-refractivity contribution in [2.75, 3.05) is 0 Å². The first-order valence-corrected chi connectivity index (χ1v) is 8.73. The zero-order valence-corrected chi connectivity index (χ0v) is 14.3. The number of rotatable bonds is 5. The number of terminal acetylenes is 1. The van der Waals surface area contributed by atoms with E-state index in [0.29, 0.717) is 11.3 Å². The maximum absolute atomic E-state index is 12.2. The number of aryl methyl sites for hydroxylation is 1. The molecule has 0 bridgehead atoms. The van der Waals surface area contributed by atoms with Gasteiger partial charge in [-0.1, -0.05) is 36.7 Å². The monoisotopic (exact) mass is 338 g/mol. The number of hydrogen-bond donors (Lipinski definition) is 0. The molecule has 24 heavy (non-hydrogen) atoms. The summed E-state index contributed by atoms with van der Waals surface area (Å²) in [5.41, 5.74) is 2.30. The first kappa shape index (κ1) is 16.3. The summed E-state index contributed by atoms with van der Waals surface area (Å²) >= 11 is 1.48. The van der Waals surface area contributed by atoms with Gasteiger partial charge in [0, 0.05) is 0 Å². The van der Waals surface area contributed by atoms with E-state index in [9.17, 15) is 4.79 Å². The zero-order valence-electron chi connectivity index (χ0n) is 13.5. The molecule has 0 N–H and O–H groups in total. The molecule has 3 aromatic rings. The average Bonchev–Trinajstić information content (AvgIpc) is 3.22. The summed E-state index contributed by atoms with van der Waals surface area (Å²) in [6.07, 6.45) is 10.3. The molecule has 122 valence electrons. The fourth-order valence-corrected chi connectivity index (χ4v) is 3.62. The Bertz CT molecular complexity index is 956. The number of thiazole rings is 1. The fraction of sp³-hybridized carbons (Fsp3) is 0.263. The second-order valence-electron chi connectivity index (χ2n) is 5.47. The van der Waals surface area contributed by atoms with Gasteiger partial charge in [-0.25, -0.2) is 0 Å². The summed E-state index contributed by atoms with van der Waals surface area (Å²) in [7, 11) is 0. The van der Waals surface area contributed by atoms with Gasteiger partial charge in [-0.15, -0.1) is 6.42 Å². The van der Waals surface area contributed by atoms with Crippen LogP contribution in [0.4, 0.5) is 0 Å². The lowest BCUT2D eigenvalue weighted by atomic mass is 10.1.